The molecule has 0 saturated heterocycles. The van der Waals surface area contributed by atoms with Crippen LogP contribution in [0.4, 0.5) is 5.69 Å². The number of rotatable bonds is 6. The van der Waals surface area contributed by atoms with E-state index in [0.29, 0.717) is 23.7 Å². The van der Waals surface area contributed by atoms with Crippen molar-refractivity contribution in [3.8, 4) is 17.0 Å². The van der Waals surface area contributed by atoms with Crippen LogP contribution in [0.25, 0.3) is 16.8 Å². The van der Waals surface area contributed by atoms with Crippen LogP contribution >= 0.6 is 0 Å². The molecule has 0 unspecified atom stereocenters. The summed E-state index contributed by atoms with van der Waals surface area (Å²) in [6.07, 6.45) is 9.88. The van der Waals surface area contributed by atoms with E-state index in [4.69, 9.17) is 15.4 Å². The van der Waals surface area contributed by atoms with E-state index in [1.54, 1.807) is 6.07 Å². The molecule has 0 radical (unpaired) electrons. The summed E-state index contributed by atoms with van der Waals surface area (Å²) in [4.78, 5) is 9.58. The van der Waals surface area contributed by atoms with E-state index in [1.165, 1.54) is 0 Å². The maximum absolute atomic E-state index is 9.89. The van der Waals surface area contributed by atoms with Gasteiger partial charge < -0.3 is 15.8 Å². The molecule has 0 saturated carbocycles. The van der Waals surface area contributed by atoms with Gasteiger partial charge in [-0.05, 0) is 49.9 Å². The summed E-state index contributed by atoms with van der Waals surface area (Å²) in [5.74, 6) is 0.900. The Hall–Kier alpha value is -2.95. The fourth-order valence-corrected chi connectivity index (χ4v) is 3.20. The van der Waals surface area contributed by atoms with E-state index in [1.807, 2.05) is 53.8 Å². The Kier molecular flexibility index (Phi) is 11.3. The van der Waals surface area contributed by atoms with Gasteiger partial charge in [0.15, 0.2) is 5.82 Å². The first kappa shape index (κ1) is 26.1. The SMILES string of the molecule is CC.CC.CCCC(=N)c1nc(C2=CCCC=C2)nc(-c2ccc(O)c(C)c2)c1NC. The van der Waals surface area contributed by atoms with Gasteiger partial charge in [0.2, 0.25) is 0 Å². The van der Waals surface area contributed by atoms with Gasteiger partial charge >= 0.3 is 0 Å². The molecule has 1 heterocycles. The number of anilines is 1. The van der Waals surface area contributed by atoms with Crippen LogP contribution in [0.3, 0.4) is 0 Å². The number of phenolic OH excluding ortho intramolecular Hbond substituents is 1. The normalized spacial score (nSPS) is 12.0. The van der Waals surface area contributed by atoms with E-state index >= 15 is 0 Å². The smallest absolute Gasteiger partial charge is 0.160 e. The van der Waals surface area contributed by atoms with Gasteiger partial charge in [-0.1, -0.05) is 59.3 Å². The summed E-state index contributed by atoms with van der Waals surface area (Å²) in [6, 6.07) is 5.46. The lowest BCUT2D eigenvalue weighted by atomic mass is 10.0. The van der Waals surface area contributed by atoms with Crippen LogP contribution in [0.2, 0.25) is 0 Å². The van der Waals surface area contributed by atoms with Gasteiger partial charge in [0.05, 0.1) is 17.1 Å². The highest BCUT2D eigenvalue weighted by Gasteiger charge is 2.20. The molecule has 1 aromatic heterocycles. The predicted molar refractivity (Wildman–Crippen MR) is 134 cm³/mol. The second-order valence-electron chi connectivity index (χ2n) is 6.74. The van der Waals surface area contributed by atoms with Crippen molar-refractivity contribution >= 4 is 17.0 Å². The summed E-state index contributed by atoms with van der Waals surface area (Å²) in [6.45, 7) is 11.9. The number of nitrogens with zero attached hydrogens (tertiary/aromatic N) is 2. The zero-order chi connectivity index (χ0) is 23.4. The minimum atomic E-state index is 0.260. The fourth-order valence-electron chi connectivity index (χ4n) is 3.20. The summed E-state index contributed by atoms with van der Waals surface area (Å²) in [7, 11) is 1.83. The molecule has 5 heteroatoms. The Balaban J connectivity index is 0.00000113. The van der Waals surface area contributed by atoms with Crippen molar-refractivity contribution in [2.45, 2.75) is 67.2 Å². The quantitative estimate of drug-likeness (QED) is 0.432. The first-order chi connectivity index (χ1) is 15.0. The molecule has 0 amide bonds. The summed E-state index contributed by atoms with van der Waals surface area (Å²) in [5, 5.41) is 21.6. The summed E-state index contributed by atoms with van der Waals surface area (Å²) in [5.41, 5.74) is 5.32. The molecule has 168 valence electrons. The molecule has 0 aliphatic heterocycles. The standard InChI is InChI=1S/C22H26N4O.2C2H6/c1-4-8-17(23)20-21(24-3)19(16-11-12-18(27)14(2)13-16)25-22(26-20)15-9-6-5-7-10-15;2*1-2/h6,9-13,23-24,27H,4-5,7-8H2,1-3H3;2*1-2H3. The topological polar surface area (TPSA) is 81.9 Å². The molecule has 1 aromatic carbocycles. The van der Waals surface area contributed by atoms with E-state index in [0.717, 1.165) is 47.3 Å². The number of benzene rings is 1. The number of phenols is 1. The number of hydrogen-bond donors (Lipinski definition) is 3. The monoisotopic (exact) mass is 422 g/mol. The summed E-state index contributed by atoms with van der Waals surface area (Å²) < 4.78 is 0. The zero-order valence-corrected chi connectivity index (χ0v) is 20.1. The van der Waals surface area contributed by atoms with Crippen LogP contribution in [0, 0.1) is 12.3 Å². The third-order valence-corrected chi connectivity index (χ3v) is 4.67. The minimum Gasteiger partial charge on any atom is -0.508 e. The summed E-state index contributed by atoms with van der Waals surface area (Å²) >= 11 is 0. The Morgan fingerprint density at radius 2 is 1.84 bits per heavy atom. The number of nitrogens with one attached hydrogen (secondary N) is 2. The van der Waals surface area contributed by atoms with Gasteiger partial charge in [-0.25, -0.2) is 9.97 Å². The first-order valence-corrected chi connectivity index (χ1v) is 11.4. The van der Waals surface area contributed by atoms with Crippen LogP contribution in [0.1, 0.15) is 77.4 Å². The van der Waals surface area contributed by atoms with Crippen LogP contribution in [0.5, 0.6) is 5.75 Å². The molecule has 3 rings (SSSR count). The van der Waals surface area contributed by atoms with Crippen LogP contribution in [-0.2, 0) is 0 Å². The van der Waals surface area contributed by atoms with Crippen molar-refractivity contribution in [3.63, 3.8) is 0 Å². The lowest BCUT2D eigenvalue weighted by molar-refractivity contribution is 0.471. The van der Waals surface area contributed by atoms with E-state index in [2.05, 4.69) is 30.5 Å². The van der Waals surface area contributed by atoms with Crippen molar-refractivity contribution in [2.24, 2.45) is 0 Å². The lowest BCUT2D eigenvalue weighted by Gasteiger charge is -2.17. The molecular formula is C26H38N4O. The van der Waals surface area contributed by atoms with Crippen molar-refractivity contribution < 1.29 is 5.11 Å². The van der Waals surface area contributed by atoms with Crippen molar-refractivity contribution in [2.75, 3.05) is 12.4 Å². The maximum Gasteiger partial charge on any atom is 0.160 e. The molecule has 0 spiro atoms. The molecular weight excluding hydrogens is 384 g/mol. The molecule has 5 nitrogen and oxygen atoms in total. The Labute approximate surface area is 187 Å². The number of aromatic nitrogens is 2. The maximum atomic E-state index is 9.89. The average Bonchev–Trinajstić information content (AvgIpc) is 2.83. The molecule has 1 aliphatic rings. The fraction of sp³-hybridized carbons (Fsp3) is 0.423. The van der Waals surface area contributed by atoms with Crippen molar-refractivity contribution in [1.82, 2.24) is 9.97 Å². The third kappa shape index (κ3) is 6.51. The van der Waals surface area contributed by atoms with Gasteiger partial charge in [0, 0.05) is 18.2 Å². The third-order valence-electron chi connectivity index (χ3n) is 4.67. The second-order valence-corrected chi connectivity index (χ2v) is 6.74. The van der Waals surface area contributed by atoms with E-state index < -0.39 is 0 Å². The predicted octanol–water partition coefficient (Wildman–Crippen LogP) is 7.15. The van der Waals surface area contributed by atoms with Gasteiger partial charge in [0.1, 0.15) is 11.4 Å². The number of aryl methyl sites for hydroxylation is 1. The number of aromatic hydroxyl groups is 1. The highest BCUT2D eigenvalue weighted by Crippen LogP contribution is 2.33. The lowest BCUT2D eigenvalue weighted by Crippen LogP contribution is -2.12. The molecule has 3 N–H and O–H groups in total. The second kappa shape index (κ2) is 13.4. The first-order valence-electron chi connectivity index (χ1n) is 11.4. The number of allylic oxidation sites excluding steroid dienone is 4. The van der Waals surface area contributed by atoms with Crippen molar-refractivity contribution in [1.29, 1.82) is 5.41 Å². The number of hydrogen-bond acceptors (Lipinski definition) is 5. The van der Waals surface area contributed by atoms with Gasteiger partial charge in [-0.2, -0.15) is 0 Å². The van der Waals surface area contributed by atoms with E-state index in [9.17, 15) is 5.11 Å². The Morgan fingerprint density at radius 3 is 2.39 bits per heavy atom. The van der Waals surface area contributed by atoms with E-state index in [-0.39, 0.29) is 5.75 Å². The average molecular weight is 423 g/mol. The van der Waals surface area contributed by atoms with Crippen LogP contribution in [-0.4, -0.2) is 27.8 Å². The molecule has 31 heavy (non-hydrogen) atoms. The minimum absolute atomic E-state index is 0.260. The van der Waals surface area contributed by atoms with Crippen LogP contribution < -0.4 is 5.32 Å². The molecule has 2 aromatic rings. The zero-order valence-electron chi connectivity index (χ0n) is 20.1. The van der Waals surface area contributed by atoms with Crippen molar-refractivity contribution in [3.05, 3.63) is 53.5 Å². The largest absolute Gasteiger partial charge is 0.508 e. The molecule has 1 aliphatic carbocycles. The molecule has 0 atom stereocenters. The molecule has 0 bridgehead atoms. The molecule has 0 fully saturated rings. The van der Waals surface area contributed by atoms with Gasteiger partial charge in [-0.3, -0.25) is 0 Å². The van der Waals surface area contributed by atoms with Gasteiger partial charge in [-0.15, -0.1) is 0 Å². The highest BCUT2D eigenvalue weighted by molar-refractivity contribution is 6.04. The van der Waals surface area contributed by atoms with Gasteiger partial charge in [0.25, 0.3) is 0 Å². The highest BCUT2D eigenvalue weighted by atomic mass is 16.3. The van der Waals surface area contributed by atoms with Crippen LogP contribution in [0.15, 0.2) is 36.4 Å². The Bertz CT molecular complexity index is 929. The Morgan fingerprint density at radius 1 is 1.13 bits per heavy atom.